The Balaban J connectivity index is 2.10. The molecule has 2 rings (SSSR count). The quantitative estimate of drug-likeness (QED) is 0.838. The molecule has 0 spiro atoms. The Morgan fingerprint density at radius 3 is 2.71 bits per heavy atom. The fourth-order valence-electron chi connectivity index (χ4n) is 2.27. The van der Waals surface area contributed by atoms with E-state index in [4.69, 9.17) is 23.2 Å². The summed E-state index contributed by atoms with van der Waals surface area (Å²) < 4.78 is 0. The zero-order chi connectivity index (χ0) is 12.3. The van der Waals surface area contributed by atoms with Crippen molar-refractivity contribution in [3.05, 3.63) is 10.4 Å². The van der Waals surface area contributed by atoms with Crippen LogP contribution in [0.5, 0.6) is 0 Å². The third-order valence-electron chi connectivity index (χ3n) is 3.30. The molecule has 94 valence electrons. The number of nitrogens with one attached hydrogen (secondary N) is 1. The van der Waals surface area contributed by atoms with Gasteiger partial charge in [0.15, 0.2) is 11.0 Å². The van der Waals surface area contributed by atoms with Crippen LogP contribution in [0.25, 0.3) is 0 Å². The second-order valence-electron chi connectivity index (χ2n) is 4.59. The summed E-state index contributed by atoms with van der Waals surface area (Å²) in [6.45, 7) is 2.26. The summed E-state index contributed by atoms with van der Waals surface area (Å²) in [5, 5.41) is 11.1. The van der Waals surface area contributed by atoms with E-state index in [0.717, 1.165) is 6.42 Å². The van der Waals surface area contributed by atoms with E-state index in [1.165, 1.54) is 25.7 Å². The zero-order valence-electron chi connectivity index (χ0n) is 9.79. The number of aromatic nitrogens is 3. The van der Waals surface area contributed by atoms with Gasteiger partial charge >= 0.3 is 0 Å². The third kappa shape index (κ3) is 3.42. The SMILES string of the molecule is CC1CCCCCC1Nc1nc(Cl)nnc1Cl. The predicted molar refractivity (Wildman–Crippen MR) is 69.5 cm³/mol. The molecule has 1 heterocycles. The van der Waals surface area contributed by atoms with Gasteiger partial charge in [-0.3, -0.25) is 0 Å². The van der Waals surface area contributed by atoms with Crippen LogP contribution < -0.4 is 5.32 Å². The van der Waals surface area contributed by atoms with Crippen molar-refractivity contribution in [3.8, 4) is 0 Å². The van der Waals surface area contributed by atoms with Crippen LogP contribution >= 0.6 is 23.2 Å². The van der Waals surface area contributed by atoms with Crippen molar-refractivity contribution in [2.24, 2.45) is 5.92 Å². The first-order chi connectivity index (χ1) is 8.16. The number of hydrogen-bond acceptors (Lipinski definition) is 4. The summed E-state index contributed by atoms with van der Waals surface area (Å²) in [6, 6.07) is 0.391. The van der Waals surface area contributed by atoms with Gasteiger partial charge in [0.2, 0.25) is 5.28 Å². The Kier molecular flexibility index (Phi) is 4.40. The molecule has 1 aromatic rings. The minimum absolute atomic E-state index is 0.123. The molecule has 1 aromatic heterocycles. The summed E-state index contributed by atoms with van der Waals surface area (Å²) in [5.74, 6) is 1.16. The lowest BCUT2D eigenvalue weighted by atomic mass is 9.97. The fourth-order valence-corrected chi connectivity index (χ4v) is 2.53. The van der Waals surface area contributed by atoms with Crippen molar-refractivity contribution in [1.82, 2.24) is 15.2 Å². The van der Waals surface area contributed by atoms with Crippen molar-refractivity contribution in [2.45, 2.75) is 45.1 Å². The zero-order valence-corrected chi connectivity index (χ0v) is 11.3. The highest BCUT2D eigenvalue weighted by atomic mass is 35.5. The van der Waals surface area contributed by atoms with Gasteiger partial charge in [0.25, 0.3) is 0 Å². The molecule has 1 N–H and O–H groups in total. The van der Waals surface area contributed by atoms with Gasteiger partial charge in [0, 0.05) is 6.04 Å². The van der Waals surface area contributed by atoms with Gasteiger partial charge in [0.05, 0.1) is 0 Å². The molecule has 0 aromatic carbocycles. The van der Waals surface area contributed by atoms with Crippen LogP contribution in [0.4, 0.5) is 5.82 Å². The van der Waals surface area contributed by atoms with Crippen molar-refractivity contribution in [1.29, 1.82) is 0 Å². The number of rotatable bonds is 2. The molecule has 0 aliphatic heterocycles. The molecule has 0 saturated heterocycles. The van der Waals surface area contributed by atoms with E-state index in [9.17, 15) is 0 Å². The van der Waals surface area contributed by atoms with E-state index < -0.39 is 0 Å². The van der Waals surface area contributed by atoms with Gasteiger partial charge in [-0.05, 0) is 30.4 Å². The highest BCUT2D eigenvalue weighted by molar-refractivity contribution is 6.32. The molecule has 0 bridgehead atoms. The van der Waals surface area contributed by atoms with Crippen LogP contribution in [0, 0.1) is 5.92 Å². The molecule has 1 aliphatic rings. The summed E-state index contributed by atoms with van der Waals surface area (Å²) in [7, 11) is 0. The minimum atomic E-state index is 0.123. The highest BCUT2D eigenvalue weighted by Crippen LogP contribution is 2.27. The Hall–Kier alpha value is -0.610. The van der Waals surface area contributed by atoms with Crippen molar-refractivity contribution in [2.75, 3.05) is 5.32 Å². The first kappa shape index (κ1) is 12.8. The maximum absolute atomic E-state index is 5.95. The van der Waals surface area contributed by atoms with E-state index in [2.05, 4.69) is 27.4 Å². The maximum Gasteiger partial charge on any atom is 0.245 e. The number of nitrogens with zero attached hydrogens (tertiary/aromatic N) is 3. The molecule has 4 nitrogen and oxygen atoms in total. The van der Waals surface area contributed by atoms with Gasteiger partial charge < -0.3 is 5.32 Å². The molecule has 0 amide bonds. The molecule has 17 heavy (non-hydrogen) atoms. The molecule has 0 radical (unpaired) electrons. The van der Waals surface area contributed by atoms with Crippen LogP contribution in [-0.2, 0) is 0 Å². The topological polar surface area (TPSA) is 50.7 Å². The lowest BCUT2D eigenvalue weighted by molar-refractivity contribution is 0.455. The van der Waals surface area contributed by atoms with Crippen LogP contribution in [0.1, 0.15) is 39.0 Å². The average Bonchev–Trinajstić information content (AvgIpc) is 2.50. The minimum Gasteiger partial charge on any atom is -0.364 e. The second kappa shape index (κ2) is 5.83. The number of halogens is 2. The van der Waals surface area contributed by atoms with E-state index in [-0.39, 0.29) is 10.4 Å². The summed E-state index contributed by atoms with van der Waals surface area (Å²) in [6.07, 6.45) is 6.22. The van der Waals surface area contributed by atoms with Crippen molar-refractivity contribution in [3.63, 3.8) is 0 Å². The number of hydrogen-bond donors (Lipinski definition) is 1. The molecule has 6 heteroatoms. The van der Waals surface area contributed by atoms with E-state index in [0.29, 0.717) is 17.8 Å². The Bertz CT molecular complexity index is 386. The second-order valence-corrected chi connectivity index (χ2v) is 5.28. The predicted octanol–water partition coefficient (Wildman–Crippen LogP) is 3.56. The third-order valence-corrected chi connectivity index (χ3v) is 3.72. The summed E-state index contributed by atoms with van der Waals surface area (Å²) in [4.78, 5) is 4.08. The molecule has 1 aliphatic carbocycles. The van der Waals surface area contributed by atoms with E-state index in [1.54, 1.807) is 0 Å². The fraction of sp³-hybridized carbons (Fsp3) is 0.727. The van der Waals surface area contributed by atoms with Gasteiger partial charge in [-0.25, -0.2) is 0 Å². The van der Waals surface area contributed by atoms with Gasteiger partial charge in [0.1, 0.15) is 0 Å². The van der Waals surface area contributed by atoms with E-state index in [1.807, 2.05) is 0 Å². The molecule has 2 atom stereocenters. The Morgan fingerprint density at radius 1 is 1.12 bits per heavy atom. The maximum atomic E-state index is 5.95. The normalized spacial score (nSPS) is 25.4. The van der Waals surface area contributed by atoms with Crippen LogP contribution in [0.15, 0.2) is 0 Å². The lowest BCUT2D eigenvalue weighted by Gasteiger charge is -2.23. The Morgan fingerprint density at radius 2 is 1.88 bits per heavy atom. The van der Waals surface area contributed by atoms with Crippen LogP contribution in [0.3, 0.4) is 0 Å². The van der Waals surface area contributed by atoms with Crippen LogP contribution in [-0.4, -0.2) is 21.2 Å². The van der Waals surface area contributed by atoms with Gasteiger partial charge in [-0.15, -0.1) is 10.2 Å². The first-order valence-electron chi connectivity index (χ1n) is 5.99. The highest BCUT2D eigenvalue weighted by Gasteiger charge is 2.21. The Labute approximate surface area is 111 Å². The van der Waals surface area contributed by atoms with Crippen molar-refractivity contribution >= 4 is 29.0 Å². The van der Waals surface area contributed by atoms with E-state index >= 15 is 0 Å². The smallest absolute Gasteiger partial charge is 0.245 e. The lowest BCUT2D eigenvalue weighted by Crippen LogP contribution is -2.27. The molecular weight excluding hydrogens is 259 g/mol. The first-order valence-corrected chi connectivity index (χ1v) is 6.74. The molecule has 2 unspecified atom stereocenters. The number of anilines is 1. The average molecular weight is 275 g/mol. The van der Waals surface area contributed by atoms with Crippen LogP contribution in [0.2, 0.25) is 10.4 Å². The van der Waals surface area contributed by atoms with Crippen molar-refractivity contribution < 1.29 is 0 Å². The largest absolute Gasteiger partial charge is 0.364 e. The molecule has 1 fully saturated rings. The molecular formula is C11H16Cl2N4. The summed E-state index contributed by atoms with van der Waals surface area (Å²) >= 11 is 11.7. The van der Waals surface area contributed by atoms with Gasteiger partial charge in [-0.2, -0.15) is 4.98 Å². The monoisotopic (exact) mass is 274 g/mol. The standard InChI is InChI=1S/C11H16Cl2N4/c1-7-5-3-2-4-6-8(7)14-10-9(12)16-17-11(13)15-10/h7-8H,2-6H2,1H3,(H,14,15,17). The van der Waals surface area contributed by atoms with Gasteiger partial charge in [-0.1, -0.05) is 37.8 Å². The molecule has 1 saturated carbocycles. The summed E-state index contributed by atoms with van der Waals surface area (Å²) in [5.41, 5.74) is 0.